The first-order valence-electron chi connectivity index (χ1n) is 19.5. The quantitative estimate of drug-likeness (QED) is 0.170. The van der Waals surface area contributed by atoms with Gasteiger partial charge < -0.3 is 4.90 Å². The average Bonchev–Trinajstić information content (AvgIpc) is 3.71. The Balaban J connectivity index is 0.000000244. The van der Waals surface area contributed by atoms with Crippen molar-refractivity contribution in [2.75, 3.05) is 4.90 Å². The lowest BCUT2D eigenvalue weighted by Crippen LogP contribution is -2.15. The summed E-state index contributed by atoms with van der Waals surface area (Å²) in [6.45, 7) is 11.2. The fourth-order valence-electron chi connectivity index (χ4n) is 8.48. The normalized spacial score (nSPS) is 12.5. The van der Waals surface area contributed by atoms with Crippen LogP contribution in [0.2, 0.25) is 0 Å². The Morgan fingerprint density at radius 2 is 0.964 bits per heavy atom. The van der Waals surface area contributed by atoms with Crippen LogP contribution in [-0.4, -0.2) is 0 Å². The van der Waals surface area contributed by atoms with Crippen LogP contribution in [0.4, 0.5) is 17.1 Å². The number of hydrogen-bond acceptors (Lipinski definition) is 2. The molecule has 2 heteroatoms. The fourth-order valence-corrected chi connectivity index (χ4v) is 9.57. The molecule has 272 valence electrons. The first-order valence-corrected chi connectivity index (χ1v) is 20.3. The molecule has 0 N–H and O–H groups in total. The molecule has 1 nitrogen and oxygen atoms in total. The summed E-state index contributed by atoms with van der Waals surface area (Å²) in [6.07, 6.45) is 0. The molecule has 1 aliphatic rings. The molecule has 0 radical (unpaired) electrons. The molecule has 0 aliphatic heterocycles. The topological polar surface area (TPSA) is 3.24 Å². The van der Waals surface area contributed by atoms with Gasteiger partial charge in [-0.2, -0.15) is 0 Å². The number of benzene rings is 8. The summed E-state index contributed by atoms with van der Waals surface area (Å²) in [6, 6.07) is 66.3. The van der Waals surface area contributed by atoms with E-state index >= 15 is 0 Å². The molecule has 0 amide bonds. The molecule has 0 bridgehead atoms. The summed E-state index contributed by atoms with van der Waals surface area (Å²) in [4.78, 5) is 2.41. The van der Waals surface area contributed by atoms with Gasteiger partial charge in [-0.05, 0) is 131 Å². The van der Waals surface area contributed by atoms with E-state index in [2.05, 4.69) is 222 Å². The van der Waals surface area contributed by atoms with Crippen LogP contribution in [0, 0.1) is 20.8 Å². The Morgan fingerprint density at radius 1 is 0.393 bits per heavy atom. The smallest absolute Gasteiger partial charge is 0.0468 e. The summed E-state index contributed by atoms with van der Waals surface area (Å²) in [5.74, 6) is 0. The first-order chi connectivity index (χ1) is 27.3. The van der Waals surface area contributed by atoms with Crippen LogP contribution in [0.15, 0.2) is 182 Å². The van der Waals surface area contributed by atoms with Gasteiger partial charge in [-0.15, -0.1) is 11.3 Å². The lowest BCUT2D eigenvalue weighted by Gasteiger charge is -2.28. The van der Waals surface area contributed by atoms with Crippen LogP contribution in [0.3, 0.4) is 0 Å². The van der Waals surface area contributed by atoms with Gasteiger partial charge in [0.05, 0.1) is 0 Å². The molecule has 1 aromatic heterocycles. The highest BCUT2D eigenvalue weighted by Gasteiger charge is 2.35. The van der Waals surface area contributed by atoms with Crippen LogP contribution >= 0.6 is 11.3 Å². The van der Waals surface area contributed by atoms with Gasteiger partial charge in [0, 0.05) is 42.6 Å². The molecular weight excluding hydrogens is 695 g/mol. The number of nitrogens with zero attached hydrogens (tertiary/aromatic N) is 1. The Bertz CT molecular complexity index is 2860. The molecule has 10 rings (SSSR count). The van der Waals surface area contributed by atoms with E-state index in [4.69, 9.17) is 0 Å². The standard InChI is InChI=1S/C41H35N.C13H10S/c1-28-12-8-9-15-35(28)37-26-33(21-18-29(37)2)42(32-22-19-31(20-23-32)30-13-6-5-7-14-30)34-24-25-40-38(27-34)36-16-10-11-17-39(36)41(40,3)4;1-9-6-7-13-11(8-9)10-4-2-3-5-12(10)14-13/h5-27H,1-4H3;2-8H,1H3. The molecule has 0 saturated heterocycles. The second-order valence-electron chi connectivity index (χ2n) is 15.6. The highest BCUT2D eigenvalue weighted by atomic mass is 32.1. The van der Waals surface area contributed by atoms with Gasteiger partial charge in [0.15, 0.2) is 0 Å². The van der Waals surface area contributed by atoms with E-state index in [9.17, 15) is 0 Å². The number of aryl methyl sites for hydroxylation is 3. The maximum atomic E-state index is 2.41. The summed E-state index contributed by atoms with van der Waals surface area (Å²) < 4.78 is 2.77. The van der Waals surface area contributed by atoms with E-state index in [0.717, 1.165) is 17.1 Å². The molecule has 0 spiro atoms. The fraction of sp³-hybridized carbons (Fsp3) is 0.111. The number of anilines is 3. The monoisotopic (exact) mass is 739 g/mol. The summed E-state index contributed by atoms with van der Waals surface area (Å²) in [5, 5.41) is 2.78. The van der Waals surface area contributed by atoms with Crippen molar-refractivity contribution in [3.8, 4) is 33.4 Å². The molecule has 1 aliphatic carbocycles. The van der Waals surface area contributed by atoms with Crippen molar-refractivity contribution in [2.24, 2.45) is 0 Å². The van der Waals surface area contributed by atoms with E-state index in [1.807, 2.05) is 11.3 Å². The zero-order valence-electron chi connectivity index (χ0n) is 32.7. The van der Waals surface area contributed by atoms with Gasteiger partial charge in [0.2, 0.25) is 0 Å². The third-order valence-electron chi connectivity index (χ3n) is 11.5. The number of thiophene rings is 1. The molecule has 9 aromatic rings. The van der Waals surface area contributed by atoms with Crippen molar-refractivity contribution in [3.63, 3.8) is 0 Å². The molecule has 8 aromatic carbocycles. The van der Waals surface area contributed by atoms with Crippen molar-refractivity contribution in [3.05, 3.63) is 210 Å². The SMILES string of the molecule is Cc1ccc2sc3ccccc3c2c1.Cc1ccccc1-c1cc(N(c2ccc(-c3ccccc3)cc2)c2ccc3c(c2)-c2ccccc2C3(C)C)ccc1C. The van der Waals surface area contributed by atoms with E-state index in [-0.39, 0.29) is 5.41 Å². The van der Waals surface area contributed by atoms with Crippen LogP contribution in [0.1, 0.15) is 41.7 Å². The van der Waals surface area contributed by atoms with Crippen molar-refractivity contribution in [1.29, 1.82) is 0 Å². The number of fused-ring (bicyclic) bond motifs is 6. The Morgan fingerprint density at radius 3 is 1.75 bits per heavy atom. The van der Waals surface area contributed by atoms with E-state index in [0.29, 0.717) is 0 Å². The Hall–Kier alpha value is -6.22. The summed E-state index contributed by atoms with van der Waals surface area (Å²) in [7, 11) is 0. The van der Waals surface area contributed by atoms with E-state index < -0.39 is 0 Å². The first kappa shape index (κ1) is 35.5. The molecule has 0 atom stereocenters. The minimum absolute atomic E-state index is 0.0194. The van der Waals surface area contributed by atoms with Gasteiger partial charge in [0.1, 0.15) is 0 Å². The molecular formula is C54H45NS. The average molecular weight is 740 g/mol. The maximum Gasteiger partial charge on any atom is 0.0468 e. The zero-order chi connectivity index (χ0) is 38.4. The van der Waals surface area contributed by atoms with Crippen molar-refractivity contribution >= 4 is 48.6 Å². The molecule has 0 fully saturated rings. The predicted molar refractivity (Wildman–Crippen MR) is 243 cm³/mol. The summed E-state index contributed by atoms with van der Waals surface area (Å²) in [5.41, 5.74) is 17.8. The van der Waals surface area contributed by atoms with E-state index in [1.165, 1.54) is 81.4 Å². The van der Waals surface area contributed by atoms with Crippen LogP contribution in [-0.2, 0) is 5.41 Å². The van der Waals surface area contributed by atoms with Gasteiger partial charge in [-0.3, -0.25) is 0 Å². The molecule has 0 unspecified atom stereocenters. The van der Waals surface area contributed by atoms with Gasteiger partial charge in [-0.25, -0.2) is 0 Å². The number of hydrogen-bond donors (Lipinski definition) is 0. The van der Waals surface area contributed by atoms with Gasteiger partial charge in [0.25, 0.3) is 0 Å². The third-order valence-corrected chi connectivity index (χ3v) is 12.7. The number of rotatable bonds is 5. The van der Waals surface area contributed by atoms with Crippen LogP contribution in [0.25, 0.3) is 53.6 Å². The second kappa shape index (κ2) is 14.5. The van der Waals surface area contributed by atoms with Gasteiger partial charge in [-0.1, -0.05) is 147 Å². The van der Waals surface area contributed by atoms with Crippen molar-refractivity contribution in [1.82, 2.24) is 0 Å². The molecule has 0 saturated carbocycles. The van der Waals surface area contributed by atoms with Crippen molar-refractivity contribution < 1.29 is 0 Å². The lowest BCUT2D eigenvalue weighted by atomic mass is 9.82. The Labute approximate surface area is 335 Å². The highest BCUT2D eigenvalue weighted by molar-refractivity contribution is 7.25. The van der Waals surface area contributed by atoms with Crippen LogP contribution in [0.5, 0.6) is 0 Å². The van der Waals surface area contributed by atoms with E-state index in [1.54, 1.807) is 0 Å². The highest BCUT2D eigenvalue weighted by Crippen LogP contribution is 2.51. The second-order valence-corrected chi connectivity index (χ2v) is 16.6. The Kier molecular flexibility index (Phi) is 9.16. The zero-order valence-corrected chi connectivity index (χ0v) is 33.5. The molecule has 1 heterocycles. The van der Waals surface area contributed by atoms with Crippen molar-refractivity contribution in [2.45, 2.75) is 40.0 Å². The van der Waals surface area contributed by atoms with Gasteiger partial charge >= 0.3 is 0 Å². The molecule has 56 heavy (non-hydrogen) atoms. The minimum atomic E-state index is -0.0194. The van der Waals surface area contributed by atoms with Crippen LogP contribution < -0.4 is 4.90 Å². The maximum absolute atomic E-state index is 2.41. The lowest BCUT2D eigenvalue weighted by molar-refractivity contribution is 0.660. The predicted octanol–water partition coefficient (Wildman–Crippen LogP) is 15.8. The largest absolute Gasteiger partial charge is 0.310 e. The summed E-state index contributed by atoms with van der Waals surface area (Å²) >= 11 is 1.87. The third kappa shape index (κ3) is 6.40. The minimum Gasteiger partial charge on any atom is -0.310 e.